The van der Waals surface area contributed by atoms with Gasteiger partial charge in [-0.05, 0) is 12.1 Å². The van der Waals surface area contributed by atoms with Crippen molar-refractivity contribution in [3.63, 3.8) is 0 Å². The summed E-state index contributed by atoms with van der Waals surface area (Å²) in [5.41, 5.74) is 0.0526. The maximum atomic E-state index is 11.1. The van der Waals surface area contributed by atoms with Crippen molar-refractivity contribution >= 4 is 11.0 Å². The van der Waals surface area contributed by atoms with Gasteiger partial charge < -0.3 is 9.52 Å². The Kier molecular flexibility index (Phi) is 2.82. The molecule has 0 amide bonds. The summed E-state index contributed by atoms with van der Waals surface area (Å²) in [6.07, 6.45) is 0. The van der Waals surface area contributed by atoms with E-state index in [4.69, 9.17) is 4.42 Å². The van der Waals surface area contributed by atoms with E-state index in [0.29, 0.717) is 11.0 Å². The topological polar surface area (TPSA) is 53.3 Å². The second kappa shape index (κ2) is 3.69. The molecule has 13 heavy (non-hydrogen) atoms. The van der Waals surface area contributed by atoms with Crippen LogP contribution in [0.4, 0.5) is 0 Å². The minimum absolute atomic E-state index is 0. The van der Waals surface area contributed by atoms with Crippen LogP contribution >= 0.6 is 0 Å². The fourth-order valence-corrected chi connectivity index (χ4v) is 1.08. The minimum Gasteiger partial charge on any atom is -0.579 e. The maximum absolute atomic E-state index is 11.1. The Bertz CT molecular complexity index is 475. The summed E-state index contributed by atoms with van der Waals surface area (Å²) in [6, 6.07) is 7.61. The van der Waals surface area contributed by atoms with E-state index in [1.165, 1.54) is 0 Å². The molecule has 0 N–H and O–H groups in total. The van der Waals surface area contributed by atoms with Crippen molar-refractivity contribution in [1.29, 1.82) is 0 Å². The second-order valence-electron chi connectivity index (χ2n) is 2.43. The van der Waals surface area contributed by atoms with Crippen LogP contribution in [-0.4, -0.2) is 0 Å². The summed E-state index contributed by atoms with van der Waals surface area (Å²) in [5, 5.41) is 11.2. The van der Waals surface area contributed by atoms with Gasteiger partial charge in [0.1, 0.15) is 0 Å². The molecule has 2 rings (SSSR count). The van der Waals surface area contributed by atoms with Gasteiger partial charge in [-0.25, -0.2) is 0 Å². The van der Waals surface area contributed by atoms with Gasteiger partial charge in [-0.3, -0.25) is 4.79 Å². The van der Waals surface area contributed by atoms with Crippen LogP contribution in [0, 0.1) is 0 Å². The van der Waals surface area contributed by atoms with E-state index in [9.17, 15) is 9.90 Å². The SMILES string of the molecule is O=c1cc([O-])oc2ccccc12.[Li+]. The van der Waals surface area contributed by atoms with Gasteiger partial charge in [0.05, 0.1) is 5.95 Å². The third kappa shape index (κ3) is 1.77. The average Bonchev–Trinajstić information content (AvgIpc) is 2.04. The summed E-state index contributed by atoms with van der Waals surface area (Å²) in [7, 11) is 0. The zero-order valence-electron chi connectivity index (χ0n) is 7.11. The fraction of sp³-hybridized carbons (Fsp3) is 0. The summed E-state index contributed by atoms with van der Waals surface area (Å²) < 4.78 is 4.79. The van der Waals surface area contributed by atoms with Gasteiger partial charge in [0.15, 0.2) is 5.43 Å². The number of rotatable bonds is 0. The van der Waals surface area contributed by atoms with E-state index in [1.54, 1.807) is 24.3 Å². The van der Waals surface area contributed by atoms with Crippen molar-refractivity contribution in [2.75, 3.05) is 0 Å². The van der Waals surface area contributed by atoms with E-state index in [0.717, 1.165) is 6.07 Å². The summed E-state index contributed by atoms with van der Waals surface area (Å²) in [4.78, 5) is 11.1. The molecule has 0 saturated heterocycles. The zero-order valence-corrected chi connectivity index (χ0v) is 7.11. The molecule has 2 aromatic rings. The Hall–Kier alpha value is -1.17. The van der Waals surface area contributed by atoms with Gasteiger partial charge in [-0.1, -0.05) is 12.1 Å². The van der Waals surface area contributed by atoms with Crippen LogP contribution in [0.2, 0.25) is 0 Å². The van der Waals surface area contributed by atoms with E-state index < -0.39 is 5.95 Å². The summed E-state index contributed by atoms with van der Waals surface area (Å²) in [6.45, 7) is 0. The Balaban J connectivity index is 0.000000845. The Morgan fingerprint density at radius 3 is 2.69 bits per heavy atom. The van der Waals surface area contributed by atoms with Crippen molar-refractivity contribution < 1.29 is 28.4 Å². The third-order valence-electron chi connectivity index (χ3n) is 1.61. The van der Waals surface area contributed by atoms with Crippen molar-refractivity contribution in [1.82, 2.24) is 0 Å². The van der Waals surface area contributed by atoms with Crippen molar-refractivity contribution in [3.05, 3.63) is 40.6 Å². The number of hydrogen-bond acceptors (Lipinski definition) is 3. The molecule has 60 valence electrons. The molecule has 1 aromatic heterocycles. The van der Waals surface area contributed by atoms with Crippen LogP contribution in [-0.2, 0) is 0 Å². The maximum Gasteiger partial charge on any atom is 1.00 e. The van der Waals surface area contributed by atoms with Gasteiger partial charge in [-0.15, -0.1) is 0 Å². The molecule has 0 radical (unpaired) electrons. The Morgan fingerprint density at radius 1 is 1.23 bits per heavy atom. The van der Waals surface area contributed by atoms with Crippen molar-refractivity contribution in [3.8, 4) is 5.95 Å². The molecule has 3 nitrogen and oxygen atoms in total. The Labute approximate surface area is 86.2 Å². The van der Waals surface area contributed by atoms with Crippen LogP contribution in [0.5, 0.6) is 5.95 Å². The molecular weight excluding hydrogens is 163 g/mol. The van der Waals surface area contributed by atoms with E-state index in [1.807, 2.05) is 0 Å². The van der Waals surface area contributed by atoms with E-state index in [2.05, 4.69) is 0 Å². The van der Waals surface area contributed by atoms with Crippen molar-refractivity contribution in [2.24, 2.45) is 0 Å². The molecular formula is C9H5LiO3. The molecule has 0 atom stereocenters. The van der Waals surface area contributed by atoms with Crippen LogP contribution < -0.4 is 29.4 Å². The molecule has 1 heterocycles. The average molecular weight is 168 g/mol. The van der Waals surface area contributed by atoms with Crippen LogP contribution in [0.25, 0.3) is 11.0 Å². The van der Waals surface area contributed by atoms with Crippen molar-refractivity contribution in [2.45, 2.75) is 0 Å². The first-order valence-corrected chi connectivity index (χ1v) is 3.47. The minimum atomic E-state index is -0.598. The third-order valence-corrected chi connectivity index (χ3v) is 1.61. The predicted molar refractivity (Wildman–Crippen MR) is 41.9 cm³/mol. The number of para-hydroxylation sites is 1. The number of fused-ring (bicyclic) bond motifs is 1. The molecule has 0 unspecified atom stereocenters. The van der Waals surface area contributed by atoms with Gasteiger partial charge in [0.2, 0.25) is 0 Å². The zero-order chi connectivity index (χ0) is 8.55. The van der Waals surface area contributed by atoms with E-state index in [-0.39, 0.29) is 24.3 Å². The molecule has 0 spiro atoms. The first-order valence-electron chi connectivity index (χ1n) is 3.47. The smallest absolute Gasteiger partial charge is 0.579 e. The van der Waals surface area contributed by atoms with Gasteiger partial charge >= 0.3 is 18.9 Å². The fourth-order valence-electron chi connectivity index (χ4n) is 1.08. The first-order chi connectivity index (χ1) is 5.77. The monoisotopic (exact) mass is 168 g/mol. The van der Waals surface area contributed by atoms with Gasteiger partial charge in [0.25, 0.3) is 0 Å². The quantitative estimate of drug-likeness (QED) is 0.422. The molecule has 0 aliphatic heterocycles. The number of hydrogen-bond donors (Lipinski definition) is 0. The summed E-state index contributed by atoms with van der Waals surface area (Å²) in [5.74, 6) is -0.598. The van der Waals surface area contributed by atoms with Crippen LogP contribution in [0.3, 0.4) is 0 Å². The predicted octanol–water partition coefficient (Wildman–Crippen LogP) is -2.13. The first kappa shape index (κ1) is 9.91. The number of benzene rings is 1. The van der Waals surface area contributed by atoms with Gasteiger partial charge in [-0.2, -0.15) is 0 Å². The molecule has 0 aliphatic carbocycles. The van der Waals surface area contributed by atoms with E-state index >= 15 is 0 Å². The van der Waals surface area contributed by atoms with Crippen LogP contribution in [0.15, 0.2) is 39.5 Å². The summed E-state index contributed by atoms with van der Waals surface area (Å²) >= 11 is 0. The molecule has 0 aliphatic rings. The Morgan fingerprint density at radius 2 is 1.92 bits per heavy atom. The normalized spacial score (nSPS) is 9.54. The largest absolute Gasteiger partial charge is 1.00 e. The molecule has 0 saturated carbocycles. The second-order valence-corrected chi connectivity index (χ2v) is 2.43. The van der Waals surface area contributed by atoms with Crippen LogP contribution in [0.1, 0.15) is 0 Å². The standard InChI is InChI=1S/C9H6O3.Li/c10-7-5-9(11)12-8-4-2-1-3-6(7)8;/h1-5,11H;/q;+1/p-1. The molecule has 1 aromatic carbocycles. The van der Waals surface area contributed by atoms with Gasteiger partial charge in [0, 0.05) is 17.0 Å². The molecule has 0 fully saturated rings. The molecule has 0 bridgehead atoms. The molecule has 4 heteroatoms.